The van der Waals surface area contributed by atoms with E-state index in [2.05, 4.69) is 18.6 Å². The summed E-state index contributed by atoms with van der Waals surface area (Å²) in [7, 11) is 0. The van der Waals surface area contributed by atoms with Gasteiger partial charge in [-0.2, -0.15) is 0 Å². The standard InChI is InChI=1S/C13H16ClF3O/c1-3-9(2)12(14)8-10-4-6-11(7-5-10)18-13(15,16)17/h4-7,9,12H,3,8H2,1-2H3. The molecule has 0 spiro atoms. The van der Waals surface area contributed by atoms with Crippen LogP contribution in [0, 0.1) is 5.92 Å². The maximum Gasteiger partial charge on any atom is 0.573 e. The van der Waals surface area contributed by atoms with Gasteiger partial charge in [-0.3, -0.25) is 0 Å². The van der Waals surface area contributed by atoms with E-state index in [1.54, 1.807) is 12.1 Å². The topological polar surface area (TPSA) is 9.23 Å². The van der Waals surface area contributed by atoms with Gasteiger partial charge < -0.3 is 4.74 Å². The van der Waals surface area contributed by atoms with Gasteiger partial charge in [-0.05, 0) is 30.0 Å². The van der Waals surface area contributed by atoms with Crippen LogP contribution in [0.2, 0.25) is 0 Å². The van der Waals surface area contributed by atoms with Crippen molar-refractivity contribution in [3.05, 3.63) is 29.8 Å². The first-order chi connectivity index (χ1) is 8.31. The highest BCUT2D eigenvalue weighted by molar-refractivity contribution is 6.20. The Bertz CT molecular complexity index is 361. The van der Waals surface area contributed by atoms with E-state index in [1.165, 1.54) is 12.1 Å². The number of halogens is 4. The first-order valence-electron chi connectivity index (χ1n) is 5.80. The lowest BCUT2D eigenvalue weighted by atomic mass is 9.98. The van der Waals surface area contributed by atoms with Crippen molar-refractivity contribution in [1.82, 2.24) is 0 Å². The first kappa shape index (κ1) is 15.2. The van der Waals surface area contributed by atoms with Crippen LogP contribution in [0.5, 0.6) is 5.75 Å². The predicted octanol–water partition coefficient (Wildman–Crippen LogP) is 4.78. The molecule has 0 N–H and O–H groups in total. The highest BCUT2D eigenvalue weighted by Gasteiger charge is 2.30. The molecule has 0 saturated heterocycles. The maximum absolute atomic E-state index is 12.0. The molecule has 1 aromatic carbocycles. The third-order valence-corrected chi connectivity index (χ3v) is 3.43. The van der Waals surface area contributed by atoms with E-state index < -0.39 is 6.36 Å². The summed E-state index contributed by atoms with van der Waals surface area (Å²) in [4.78, 5) is 0. The number of ether oxygens (including phenoxy) is 1. The number of hydrogen-bond donors (Lipinski definition) is 0. The molecule has 5 heteroatoms. The van der Waals surface area contributed by atoms with E-state index in [0.29, 0.717) is 12.3 Å². The van der Waals surface area contributed by atoms with Crippen molar-refractivity contribution in [2.24, 2.45) is 5.92 Å². The van der Waals surface area contributed by atoms with Crippen LogP contribution in [0.25, 0.3) is 0 Å². The Kier molecular flexibility index (Phi) is 5.32. The minimum absolute atomic E-state index is 0.00983. The normalized spacial score (nSPS) is 15.2. The summed E-state index contributed by atoms with van der Waals surface area (Å²) in [5.41, 5.74) is 0.907. The van der Waals surface area contributed by atoms with Gasteiger partial charge in [0.1, 0.15) is 5.75 Å². The van der Waals surface area contributed by atoms with E-state index >= 15 is 0 Å². The van der Waals surface area contributed by atoms with Crippen LogP contribution in [0.4, 0.5) is 13.2 Å². The van der Waals surface area contributed by atoms with Crippen LogP contribution < -0.4 is 4.74 Å². The highest BCUT2D eigenvalue weighted by atomic mass is 35.5. The molecule has 0 amide bonds. The second-order valence-corrected chi connectivity index (χ2v) is 4.86. The van der Waals surface area contributed by atoms with Crippen molar-refractivity contribution in [3.63, 3.8) is 0 Å². The van der Waals surface area contributed by atoms with Gasteiger partial charge in [-0.1, -0.05) is 32.4 Å². The molecule has 1 rings (SSSR count). The van der Waals surface area contributed by atoms with Gasteiger partial charge in [0.2, 0.25) is 0 Å². The summed E-state index contributed by atoms with van der Waals surface area (Å²) >= 11 is 6.20. The van der Waals surface area contributed by atoms with Gasteiger partial charge in [0, 0.05) is 5.38 Å². The van der Waals surface area contributed by atoms with E-state index in [1.807, 2.05) is 0 Å². The second-order valence-electron chi connectivity index (χ2n) is 4.30. The zero-order valence-electron chi connectivity index (χ0n) is 10.3. The largest absolute Gasteiger partial charge is 0.573 e. The molecular formula is C13H16ClF3O. The average molecular weight is 281 g/mol. The monoisotopic (exact) mass is 280 g/mol. The predicted molar refractivity (Wildman–Crippen MR) is 65.9 cm³/mol. The van der Waals surface area contributed by atoms with E-state index in [4.69, 9.17) is 11.6 Å². The van der Waals surface area contributed by atoms with E-state index in [-0.39, 0.29) is 11.1 Å². The van der Waals surface area contributed by atoms with Crippen molar-refractivity contribution in [3.8, 4) is 5.75 Å². The fourth-order valence-corrected chi connectivity index (χ4v) is 1.87. The molecule has 0 fully saturated rings. The van der Waals surface area contributed by atoms with Gasteiger partial charge in [-0.15, -0.1) is 24.8 Å². The Morgan fingerprint density at radius 3 is 2.22 bits per heavy atom. The van der Waals surface area contributed by atoms with Crippen LogP contribution in [-0.2, 0) is 6.42 Å². The zero-order chi connectivity index (χ0) is 13.8. The quantitative estimate of drug-likeness (QED) is 0.705. The maximum atomic E-state index is 12.0. The number of benzene rings is 1. The van der Waals surface area contributed by atoms with Crippen molar-refractivity contribution < 1.29 is 17.9 Å². The van der Waals surface area contributed by atoms with Crippen molar-refractivity contribution in [2.75, 3.05) is 0 Å². The Hall–Kier alpha value is -0.900. The van der Waals surface area contributed by atoms with Gasteiger partial charge in [-0.25, -0.2) is 0 Å². The summed E-state index contributed by atoms with van der Waals surface area (Å²) in [5.74, 6) is 0.165. The molecule has 0 aliphatic rings. The smallest absolute Gasteiger partial charge is 0.406 e. The lowest BCUT2D eigenvalue weighted by Crippen LogP contribution is -2.17. The highest BCUT2D eigenvalue weighted by Crippen LogP contribution is 2.24. The average Bonchev–Trinajstić information content (AvgIpc) is 2.28. The molecule has 2 atom stereocenters. The Morgan fingerprint density at radius 2 is 1.78 bits per heavy atom. The minimum atomic E-state index is -4.65. The van der Waals surface area contributed by atoms with Crippen molar-refractivity contribution >= 4 is 11.6 Å². The van der Waals surface area contributed by atoms with Gasteiger partial charge in [0.15, 0.2) is 0 Å². The molecule has 0 aliphatic carbocycles. The molecule has 0 aromatic heterocycles. The van der Waals surface area contributed by atoms with Crippen LogP contribution in [0.15, 0.2) is 24.3 Å². The molecule has 18 heavy (non-hydrogen) atoms. The molecule has 0 saturated carbocycles. The van der Waals surface area contributed by atoms with Crippen LogP contribution in [0.3, 0.4) is 0 Å². The third-order valence-electron chi connectivity index (χ3n) is 2.85. The third kappa shape index (κ3) is 5.17. The Morgan fingerprint density at radius 1 is 1.22 bits per heavy atom. The molecule has 102 valence electrons. The first-order valence-corrected chi connectivity index (χ1v) is 6.24. The van der Waals surface area contributed by atoms with Gasteiger partial charge in [0.05, 0.1) is 0 Å². The Labute approximate surface area is 110 Å². The number of rotatable bonds is 5. The zero-order valence-corrected chi connectivity index (χ0v) is 11.1. The molecule has 0 aliphatic heterocycles. The number of hydrogen-bond acceptors (Lipinski definition) is 1. The molecule has 0 heterocycles. The van der Waals surface area contributed by atoms with Gasteiger partial charge >= 0.3 is 6.36 Å². The minimum Gasteiger partial charge on any atom is -0.406 e. The fraction of sp³-hybridized carbons (Fsp3) is 0.538. The SMILES string of the molecule is CCC(C)C(Cl)Cc1ccc(OC(F)(F)F)cc1. The van der Waals surface area contributed by atoms with E-state index in [9.17, 15) is 13.2 Å². The summed E-state index contributed by atoms with van der Waals surface area (Å²) in [6.07, 6.45) is -3.03. The Balaban J connectivity index is 2.60. The van der Waals surface area contributed by atoms with Crippen molar-refractivity contribution in [1.29, 1.82) is 0 Å². The second kappa shape index (κ2) is 6.32. The number of alkyl halides is 4. The molecule has 2 unspecified atom stereocenters. The molecule has 0 bridgehead atoms. The van der Waals surface area contributed by atoms with Crippen molar-refractivity contribution in [2.45, 2.75) is 38.4 Å². The molecule has 0 radical (unpaired) electrons. The van der Waals surface area contributed by atoms with Gasteiger partial charge in [0.25, 0.3) is 0 Å². The molecule has 1 aromatic rings. The lowest BCUT2D eigenvalue weighted by Gasteiger charge is -2.16. The fourth-order valence-electron chi connectivity index (χ4n) is 1.51. The summed E-state index contributed by atoms with van der Waals surface area (Å²) in [5, 5.41) is -0.00983. The molecular weight excluding hydrogens is 265 g/mol. The summed E-state index contributed by atoms with van der Waals surface area (Å²) < 4.78 is 39.7. The lowest BCUT2D eigenvalue weighted by molar-refractivity contribution is -0.274. The summed E-state index contributed by atoms with van der Waals surface area (Å²) in [6.45, 7) is 4.11. The van der Waals surface area contributed by atoms with Crippen LogP contribution in [-0.4, -0.2) is 11.7 Å². The molecule has 1 nitrogen and oxygen atoms in total. The van der Waals surface area contributed by atoms with Crippen LogP contribution in [0.1, 0.15) is 25.8 Å². The van der Waals surface area contributed by atoms with Crippen LogP contribution >= 0.6 is 11.6 Å². The summed E-state index contributed by atoms with van der Waals surface area (Å²) in [6, 6.07) is 5.84. The van der Waals surface area contributed by atoms with E-state index in [0.717, 1.165) is 12.0 Å².